The van der Waals surface area contributed by atoms with Crippen LogP contribution in [0.15, 0.2) is 23.8 Å². The SMILES string of the molecule is CC[C@@H](/C=C/[C@@H](C)[C@H]1CC[C@@H]2[C@@H]3C[C@@H](O)C4=CC(=O)CC[C@]4(C)[C@H]3CC[C@@]21C)C(C)C. The van der Waals surface area contributed by atoms with Crippen LogP contribution in [0.2, 0.25) is 0 Å². The zero-order valence-corrected chi connectivity index (χ0v) is 20.9. The molecule has 4 aliphatic carbocycles. The van der Waals surface area contributed by atoms with Gasteiger partial charge in [0.2, 0.25) is 0 Å². The molecule has 0 amide bonds. The van der Waals surface area contributed by atoms with Gasteiger partial charge in [0, 0.05) is 6.42 Å². The Morgan fingerprint density at radius 2 is 1.84 bits per heavy atom. The Morgan fingerprint density at radius 1 is 1.10 bits per heavy atom. The molecule has 0 aromatic heterocycles. The fraction of sp³-hybridized carbons (Fsp3) is 0.828. The van der Waals surface area contributed by atoms with Crippen molar-refractivity contribution in [2.24, 2.45) is 52.3 Å². The van der Waals surface area contributed by atoms with Gasteiger partial charge in [0.1, 0.15) is 0 Å². The van der Waals surface area contributed by atoms with Crippen LogP contribution in [-0.4, -0.2) is 17.0 Å². The van der Waals surface area contributed by atoms with Crippen LogP contribution in [0.1, 0.15) is 92.9 Å². The number of carbonyl (C=O) groups is 1. The molecule has 0 radical (unpaired) electrons. The number of hydrogen-bond acceptors (Lipinski definition) is 2. The van der Waals surface area contributed by atoms with Gasteiger partial charge in [-0.05, 0) is 109 Å². The van der Waals surface area contributed by atoms with Gasteiger partial charge in [-0.2, -0.15) is 0 Å². The van der Waals surface area contributed by atoms with Crippen molar-refractivity contribution in [3.05, 3.63) is 23.8 Å². The van der Waals surface area contributed by atoms with Crippen LogP contribution in [0.4, 0.5) is 0 Å². The van der Waals surface area contributed by atoms with Gasteiger partial charge in [0.15, 0.2) is 5.78 Å². The molecule has 0 aromatic carbocycles. The lowest BCUT2D eigenvalue weighted by Crippen LogP contribution is -2.54. The number of fused-ring (bicyclic) bond motifs is 5. The third-order valence-corrected chi connectivity index (χ3v) is 10.7. The first-order chi connectivity index (χ1) is 14.6. The summed E-state index contributed by atoms with van der Waals surface area (Å²) in [7, 11) is 0. The van der Waals surface area contributed by atoms with E-state index in [1.807, 2.05) is 6.08 Å². The van der Waals surface area contributed by atoms with E-state index >= 15 is 0 Å². The van der Waals surface area contributed by atoms with Gasteiger partial charge in [-0.15, -0.1) is 0 Å². The number of rotatable bonds is 5. The van der Waals surface area contributed by atoms with Crippen molar-refractivity contribution in [1.29, 1.82) is 0 Å². The predicted octanol–water partition coefficient (Wildman–Crippen LogP) is 6.98. The topological polar surface area (TPSA) is 37.3 Å². The number of aliphatic hydroxyl groups is 1. The molecule has 31 heavy (non-hydrogen) atoms. The summed E-state index contributed by atoms with van der Waals surface area (Å²) >= 11 is 0. The van der Waals surface area contributed by atoms with E-state index in [0.29, 0.717) is 41.4 Å². The van der Waals surface area contributed by atoms with Gasteiger partial charge in [-0.3, -0.25) is 4.79 Å². The third-order valence-electron chi connectivity index (χ3n) is 10.7. The standard InChI is InChI=1S/C29H46O2/c1-7-20(18(2)3)9-8-19(4)23-10-11-24-22-17-27(31)26-16-21(30)12-14-29(26,6)25(22)13-15-28(23,24)5/h8-9,16,18-20,22-25,27,31H,7,10-15,17H2,1-6H3/b9-8+/t19-,20+,22+,23-,24-,25+,27-,28-,29-/m1/s1. The van der Waals surface area contributed by atoms with E-state index in [0.717, 1.165) is 30.3 Å². The highest BCUT2D eigenvalue weighted by Crippen LogP contribution is 2.67. The van der Waals surface area contributed by atoms with E-state index in [9.17, 15) is 9.90 Å². The molecule has 0 spiro atoms. The van der Waals surface area contributed by atoms with Crippen LogP contribution in [0.25, 0.3) is 0 Å². The summed E-state index contributed by atoms with van der Waals surface area (Å²) in [5.74, 6) is 5.00. The molecule has 4 rings (SSSR count). The van der Waals surface area contributed by atoms with Gasteiger partial charge < -0.3 is 5.11 Å². The Kier molecular flexibility index (Phi) is 6.36. The van der Waals surface area contributed by atoms with Crippen LogP contribution in [0.5, 0.6) is 0 Å². The minimum atomic E-state index is -0.412. The zero-order chi connectivity index (χ0) is 22.6. The monoisotopic (exact) mass is 426 g/mol. The van der Waals surface area contributed by atoms with Crippen molar-refractivity contribution in [3.8, 4) is 0 Å². The molecule has 0 saturated heterocycles. The maximum Gasteiger partial charge on any atom is 0.155 e. The van der Waals surface area contributed by atoms with Crippen LogP contribution >= 0.6 is 0 Å². The number of hydrogen-bond donors (Lipinski definition) is 1. The van der Waals surface area contributed by atoms with E-state index in [1.165, 1.54) is 32.1 Å². The maximum absolute atomic E-state index is 12.1. The fourth-order valence-corrected chi connectivity index (χ4v) is 8.79. The van der Waals surface area contributed by atoms with Crippen molar-refractivity contribution in [2.45, 2.75) is 99.0 Å². The van der Waals surface area contributed by atoms with Gasteiger partial charge in [0.05, 0.1) is 6.10 Å². The average molecular weight is 427 g/mol. The van der Waals surface area contributed by atoms with E-state index in [4.69, 9.17) is 0 Å². The Morgan fingerprint density at radius 3 is 2.52 bits per heavy atom. The van der Waals surface area contributed by atoms with Gasteiger partial charge in [0.25, 0.3) is 0 Å². The average Bonchev–Trinajstić information content (AvgIpc) is 3.07. The summed E-state index contributed by atoms with van der Waals surface area (Å²) in [4.78, 5) is 12.1. The highest BCUT2D eigenvalue weighted by molar-refractivity contribution is 5.91. The fourth-order valence-electron chi connectivity index (χ4n) is 8.79. The second kappa shape index (κ2) is 8.47. The highest BCUT2D eigenvalue weighted by atomic mass is 16.3. The van der Waals surface area contributed by atoms with Crippen LogP contribution < -0.4 is 0 Å². The molecule has 1 N–H and O–H groups in total. The second-order valence-corrected chi connectivity index (χ2v) is 12.4. The Balaban J connectivity index is 1.55. The second-order valence-electron chi connectivity index (χ2n) is 12.4. The Bertz CT molecular complexity index is 748. The first kappa shape index (κ1) is 23.3. The molecule has 0 heterocycles. The summed E-state index contributed by atoms with van der Waals surface area (Å²) in [6.45, 7) is 14.4. The lowest BCUT2D eigenvalue weighted by Gasteiger charge is -2.59. The molecular weight excluding hydrogens is 380 g/mol. The van der Waals surface area contributed by atoms with E-state index in [2.05, 4.69) is 53.7 Å². The molecular formula is C29H46O2. The van der Waals surface area contributed by atoms with E-state index in [-0.39, 0.29) is 11.2 Å². The molecule has 0 aliphatic heterocycles. The highest BCUT2D eigenvalue weighted by Gasteiger charge is 2.60. The molecule has 0 bridgehead atoms. The molecule has 4 aliphatic rings. The summed E-state index contributed by atoms with van der Waals surface area (Å²) in [5.41, 5.74) is 1.50. The predicted molar refractivity (Wildman–Crippen MR) is 129 cm³/mol. The molecule has 3 fully saturated rings. The van der Waals surface area contributed by atoms with Crippen molar-refractivity contribution < 1.29 is 9.90 Å². The molecule has 3 saturated carbocycles. The lowest BCUT2D eigenvalue weighted by molar-refractivity contribution is -0.119. The van der Waals surface area contributed by atoms with Crippen LogP contribution in [0.3, 0.4) is 0 Å². The molecule has 174 valence electrons. The number of carbonyl (C=O) groups excluding carboxylic acids is 1. The van der Waals surface area contributed by atoms with Gasteiger partial charge in [-0.1, -0.05) is 53.7 Å². The molecule has 2 heteroatoms. The molecule has 0 unspecified atom stereocenters. The first-order valence-corrected chi connectivity index (χ1v) is 13.2. The molecule has 9 atom stereocenters. The van der Waals surface area contributed by atoms with Gasteiger partial charge in [-0.25, -0.2) is 0 Å². The summed E-state index contributed by atoms with van der Waals surface area (Å²) in [5, 5.41) is 11.1. The minimum absolute atomic E-state index is 0.0345. The quantitative estimate of drug-likeness (QED) is 0.481. The summed E-state index contributed by atoms with van der Waals surface area (Å²) in [6.07, 6.45) is 15.4. The maximum atomic E-state index is 12.1. The van der Waals surface area contributed by atoms with Gasteiger partial charge >= 0.3 is 0 Å². The van der Waals surface area contributed by atoms with Crippen molar-refractivity contribution in [2.75, 3.05) is 0 Å². The van der Waals surface area contributed by atoms with E-state index < -0.39 is 6.10 Å². The number of ketones is 1. The summed E-state index contributed by atoms with van der Waals surface area (Å²) < 4.78 is 0. The third kappa shape index (κ3) is 3.79. The largest absolute Gasteiger partial charge is 0.389 e. The van der Waals surface area contributed by atoms with Crippen LogP contribution in [0, 0.1) is 52.3 Å². The molecule has 2 nitrogen and oxygen atoms in total. The summed E-state index contributed by atoms with van der Waals surface area (Å²) in [6, 6.07) is 0. The number of allylic oxidation sites excluding steroid dienone is 2. The molecule has 0 aromatic rings. The Hall–Kier alpha value is -0.890. The minimum Gasteiger partial charge on any atom is -0.389 e. The number of aliphatic hydroxyl groups excluding tert-OH is 1. The first-order valence-electron chi connectivity index (χ1n) is 13.2. The smallest absolute Gasteiger partial charge is 0.155 e. The lowest BCUT2D eigenvalue weighted by atomic mass is 9.46. The zero-order valence-electron chi connectivity index (χ0n) is 20.9. The van der Waals surface area contributed by atoms with Crippen molar-refractivity contribution >= 4 is 5.78 Å². The van der Waals surface area contributed by atoms with E-state index in [1.54, 1.807) is 0 Å². The van der Waals surface area contributed by atoms with Crippen molar-refractivity contribution in [3.63, 3.8) is 0 Å². The van der Waals surface area contributed by atoms with Crippen LogP contribution in [-0.2, 0) is 4.79 Å². The normalized spacial score (nSPS) is 44.6. The van der Waals surface area contributed by atoms with Crippen molar-refractivity contribution in [1.82, 2.24) is 0 Å². The Labute approximate surface area is 191 Å².